The molecule has 5 heteroatoms. The molecule has 0 saturated carbocycles. The van der Waals surface area contributed by atoms with Crippen LogP contribution < -0.4 is 15.4 Å². The molecule has 0 aliphatic carbocycles. The summed E-state index contributed by atoms with van der Waals surface area (Å²) in [6, 6.07) is 7.89. The van der Waals surface area contributed by atoms with Gasteiger partial charge in [0.1, 0.15) is 12.4 Å². The van der Waals surface area contributed by atoms with Crippen LogP contribution in [0.25, 0.3) is 0 Å². The summed E-state index contributed by atoms with van der Waals surface area (Å²) in [5.74, 6) is 0.925. The smallest absolute Gasteiger partial charge is 0.237 e. The van der Waals surface area contributed by atoms with E-state index >= 15 is 0 Å². The SMILES string of the molecule is Cc1ccc(OCCNC(=O)C2CCCN2)cc1.Cl. The summed E-state index contributed by atoms with van der Waals surface area (Å²) in [4.78, 5) is 11.7. The minimum atomic E-state index is -0.00984. The third kappa shape index (κ3) is 5.09. The highest BCUT2D eigenvalue weighted by Gasteiger charge is 2.21. The van der Waals surface area contributed by atoms with Gasteiger partial charge in [0.25, 0.3) is 0 Å². The first-order chi connectivity index (χ1) is 8.75. The molecule has 0 radical (unpaired) electrons. The lowest BCUT2D eigenvalue weighted by Gasteiger charge is -2.11. The zero-order valence-corrected chi connectivity index (χ0v) is 12.0. The number of carbonyl (C=O) groups is 1. The van der Waals surface area contributed by atoms with Gasteiger partial charge in [-0.15, -0.1) is 12.4 Å². The number of hydrogen-bond acceptors (Lipinski definition) is 3. The molecule has 1 unspecified atom stereocenters. The normalized spacial score (nSPS) is 17.6. The second kappa shape index (κ2) is 8.02. The van der Waals surface area contributed by atoms with E-state index in [1.807, 2.05) is 31.2 Å². The molecule has 1 saturated heterocycles. The van der Waals surface area contributed by atoms with Crippen LogP contribution in [0.5, 0.6) is 5.75 Å². The van der Waals surface area contributed by atoms with Crippen molar-refractivity contribution in [3.05, 3.63) is 29.8 Å². The topological polar surface area (TPSA) is 50.4 Å². The zero-order valence-electron chi connectivity index (χ0n) is 11.1. The summed E-state index contributed by atoms with van der Waals surface area (Å²) in [6.45, 7) is 4.03. The summed E-state index contributed by atoms with van der Waals surface area (Å²) in [5, 5.41) is 6.05. The van der Waals surface area contributed by atoms with Crippen molar-refractivity contribution in [2.45, 2.75) is 25.8 Å². The Hall–Kier alpha value is -1.26. The maximum atomic E-state index is 11.7. The number of carbonyl (C=O) groups excluding carboxylic acids is 1. The van der Waals surface area contributed by atoms with Gasteiger partial charge in [0.2, 0.25) is 5.91 Å². The van der Waals surface area contributed by atoms with Gasteiger partial charge in [-0.1, -0.05) is 17.7 Å². The van der Waals surface area contributed by atoms with Crippen LogP contribution >= 0.6 is 12.4 Å². The van der Waals surface area contributed by atoms with Crippen LogP contribution in [-0.4, -0.2) is 31.6 Å². The lowest BCUT2D eigenvalue weighted by atomic mass is 10.2. The van der Waals surface area contributed by atoms with Gasteiger partial charge >= 0.3 is 0 Å². The van der Waals surface area contributed by atoms with Gasteiger partial charge in [0, 0.05) is 0 Å². The molecule has 19 heavy (non-hydrogen) atoms. The number of ether oxygens (including phenoxy) is 1. The highest BCUT2D eigenvalue weighted by Crippen LogP contribution is 2.10. The maximum Gasteiger partial charge on any atom is 0.237 e. The van der Waals surface area contributed by atoms with Crippen molar-refractivity contribution in [3.63, 3.8) is 0 Å². The molecule has 1 amide bonds. The Labute approximate surface area is 120 Å². The molecule has 1 aromatic carbocycles. The molecule has 1 fully saturated rings. The zero-order chi connectivity index (χ0) is 12.8. The van der Waals surface area contributed by atoms with Crippen LogP contribution in [0.15, 0.2) is 24.3 Å². The highest BCUT2D eigenvalue weighted by atomic mass is 35.5. The van der Waals surface area contributed by atoms with E-state index < -0.39 is 0 Å². The Morgan fingerprint density at radius 3 is 2.79 bits per heavy atom. The third-order valence-electron chi connectivity index (χ3n) is 3.07. The molecule has 0 bridgehead atoms. The number of benzene rings is 1. The van der Waals surface area contributed by atoms with Crippen LogP contribution in [0.4, 0.5) is 0 Å². The molecule has 106 valence electrons. The van der Waals surface area contributed by atoms with Crippen molar-refractivity contribution < 1.29 is 9.53 Å². The van der Waals surface area contributed by atoms with Gasteiger partial charge in [0.15, 0.2) is 0 Å². The first-order valence-electron chi connectivity index (χ1n) is 6.46. The molecule has 1 atom stereocenters. The molecule has 1 aromatic rings. The first kappa shape index (κ1) is 15.8. The number of nitrogens with one attached hydrogen (secondary N) is 2. The van der Waals surface area contributed by atoms with Crippen molar-refractivity contribution in [2.75, 3.05) is 19.7 Å². The van der Waals surface area contributed by atoms with E-state index in [4.69, 9.17) is 4.74 Å². The van der Waals surface area contributed by atoms with E-state index in [1.165, 1.54) is 5.56 Å². The molecule has 0 spiro atoms. The van der Waals surface area contributed by atoms with Crippen molar-refractivity contribution in [3.8, 4) is 5.75 Å². The van der Waals surface area contributed by atoms with Crippen LogP contribution in [0.2, 0.25) is 0 Å². The van der Waals surface area contributed by atoms with Crippen LogP contribution in [0.1, 0.15) is 18.4 Å². The molecule has 0 aromatic heterocycles. The highest BCUT2D eigenvalue weighted by molar-refractivity contribution is 5.85. The fourth-order valence-corrected chi connectivity index (χ4v) is 2.01. The minimum Gasteiger partial charge on any atom is -0.492 e. The Kier molecular flexibility index (Phi) is 6.67. The van der Waals surface area contributed by atoms with Gasteiger partial charge in [-0.25, -0.2) is 0 Å². The quantitative estimate of drug-likeness (QED) is 0.809. The predicted molar refractivity (Wildman–Crippen MR) is 78.0 cm³/mol. The van der Waals surface area contributed by atoms with Crippen molar-refractivity contribution in [1.82, 2.24) is 10.6 Å². The van der Waals surface area contributed by atoms with Gasteiger partial charge in [-0.05, 0) is 38.4 Å². The largest absolute Gasteiger partial charge is 0.492 e. The average Bonchev–Trinajstić information content (AvgIpc) is 2.90. The van der Waals surface area contributed by atoms with E-state index in [2.05, 4.69) is 10.6 Å². The van der Waals surface area contributed by atoms with Gasteiger partial charge < -0.3 is 15.4 Å². The molecule has 1 aliphatic rings. The van der Waals surface area contributed by atoms with Crippen molar-refractivity contribution in [1.29, 1.82) is 0 Å². The number of halogens is 1. The molecular weight excluding hydrogens is 264 g/mol. The summed E-state index contributed by atoms with van der Waals surface area (Å²) in [7, 11) is 0. The van der Waals surface area contributed by atoms with E-state index in [9.17, 15) is 4.79 Å². The van der Waals surface area contributed by atoms with Crippen LogP contribution in [0.3, 0.4) is 0 Å². The summed E-state index contributed by atoms with van der Waals surface area (Å²) in [6.07, 6.45) is 2.02. The van der Waals surface area contributed by atoms with Crippen molar-refractivity contribution in [2.24, 2.45) is 0 Å². The first-order valence-corrected chi connectivity index (χ1v) is 6.46. The second-order valence-corrected chi connectivity index (χ2v) is 4.60. The van der Waals surface area contributed by atoms with E-state index in [1.54, 1.807) is 0 Å². The fraction of sp³-hybridized carbons (Fsp3) is 0.500. The molecule has 2 N–H and O–H groups in total. The Bertz CT molecular complexity index is 389. The lowest BCUT2D eigenvalue weighted by Crippen LogP contribution is -2.41. The summed E-state index contributed by atoms with van der Waals surface area (Å²) >= 11 is 0. The average molecular weight is 285 g/mol. The van der Waals surface area contributed by atoms with E-state index in [0.717, 1.165) is 25.1 Å². The second-order valence-electron chi connectivity index (χ2n) is 4.60. The molecule has 1 heterocycles. The summed E-state index contributed by atoms with van der Waals surface area (Å²) < 4.78 is 5.54. The van der Waals surface area contributed by atoms with Crippen LogP contribution in [-0.2, 0) is 4.79 Å². The number of aryl methyl sites for hydroxylation is 1. The Morgan fingerprint density at radius 1 is 1.42 bits per heavy atom. The van der Waals surface area contributed by atoms with Gasteiger partial charge in [0.05, 0.1) is 12.6 Å². The summed E-state index contributed by atoms with van der Waals surface area (Å²) in [5.41, 5.74) is 1.21. The Morgan fingerprint density at radius 2 is 2.16 bits per heavy atom. The molecule has 2 rings (SSSR count). The van der Waals surface area contributed by atoms with E-state index in [0.29, 0.717) is 13.2 Å². The lowest BCUT2D eigenvalue weighted by molar-refractivity contribution is -0.122. The molecule has 4 nitrogen and oxygen atoms in total. The fourth-order valence-electron chi connectivity index (χ4n) is 2.01. The monoisotopic (exact) mass is 284 g/mol. The standard InChI is InChI=1S/C14H20N2O2.ClH/c1-11-4-6-12(7-5-11)18-10-9-16-14(17)13-3-2-8-15-13;/h4-7,13,15H,2-3,8-10H2,1H3,(H,16,17);1H. The molecular formula is C14H21ClN2O2. The minimum absolute atomic E-state index is 0. The number of rotatable bonds is 5. The van der Waals surface area contributed by atoms with E-state index in [-0.39, 0.29) is 24.4 Å². The number of hydrogen-bond donors (Lipinski definition) is 2. The molecule has 1 aliphatic heterocycles. The van der Waals surface area contributed by atoms with Crippen LogP contribution in [0, 0.1) is 6.92 Å². The predicted octanol–water partition coefficient (Wildman–Crippen LogP) is 1.66. The van der Waals surface area contributed by atoms with Crippen molar-refractivity contribution >= 4 is 18.3 Å². The van der Waals surface area contributed by atoms with Gasteiger partial charge in [-0.3, -0.25) is 4.79 Å². The Balaban J connectivity index is 0.00000180. The third-order valence-corrected chi connectivity index (χ3v) is 3.07. The van der Waals surface area contributed by atoms with Gasteiger partial charge in [-0.2, -0.15) is 0 Å². The number of amides is 1. The maximum absolute atomic E-state index is 11.7.